The van der Waals surface area contributed by atoms with Crippen molar-refractivity contribution >= 4 is 17.5 Å². The van der Waals surface area contributed by atoms with Gasteiger partial charge in [0.1, 0.15) is 23.5 Å². The maximum atomic E-state index is 12.0. The summed E-state index contributed by atoms with van der Waals surface area (Å²) in [4.78, 5) is 20.5. The number of anilines is 2. The number of nitrogen functional groups attached to an aromatic ring is 1. The molecule has 6 heteroatoms. The van der Waals surface area contributed by atoms with Gasteiger partial charge < -0.3 is 16.4 Å². The Balaban J connectivity index is 2.77. The van der Waals surface area contributed by atoms with Crippen molar-refractivity contribution in [2.45, 2.75) is 47.1 Å². The van der Waals surface area contributed by atoms with E-state index in [4.69, 9.17) is 5.73 Å². The minimum atomic E-state index is -0.369. The normalized spacial score (nSPS) is 12.3. The maximum Gasteiger partial charge on any atom is 0.242 e. The Morgan fingerprint density at radius 1 is 1.30 bits per heavy atom. The molecule has 1 amide bonds. The van der Waals surface area contributed by atoms with Crippen molar-refractivity contribution in [3.05, 3.63) is 11.4 Å². The lowest BCUT2D eigenvalue weighted by atomic mass is 10.2. The van der Waals surface area contributed by atoms with Crippen molar-refractivity contribution in [3.8, 4) is 0 Å². The molecule has 0 aliphatic heterocycles. The highest BCUT2D eigenvalue weighted by atomic mass is 16.2. The summed E-state index contributed by atoms with van der Waals surface area (Å²) in [5.41, 5.74) is 6.62. The lowest BCUT2D eigenvalue weighted by Crippen LogP contribution is -2.39. The summed E-state index contributed by atoms with van der Waals surface area (Å²) >= 11 is 0. The highest BCUT2D eigenvalue weighted by Gasteiger charge is 2.16. The topological polar surface area (TPSA) is 92.9 Å². The van der Waals surface area contributed by atoms with Gasteiger partial charge in [-0.05, 0) is 19.8 Å². The van der Waals surface area contributed by atoms with E-state index in [2.05, 4.69) is 34.4 Å². The average Bonchev–Trinajstić information content (AvgIpc) is 2.40. The number of hydrogen-bond donors (Lipinski definition) is 3. The molecular weight excluding hydrogens is 254 g/mol. The highest BCUT2D eigenvalue weighted by molar-refractivity contribution is 5.84. The van der Waals surface area contributed by atoms with Gasteiger partial charge in [0.15, 0.2) is 0 Å². The molecule has 6 nitrogen and oxygen atoms in total. The van der Waals surface area contributed by atoms with Crippen LogP contribution in [0.5, 0.6) is 0 Å². The molecule has 112 valence electrons. The van der Waals surface area contributed by atoms with Crippen molar-refractivity contribution < 1.29 is 4.79 Å². The fourth-order valence-corrected chi connectivity index (χ4v) is 1.61. The Morgan fingerprint density at radius 2 is 1.95 bits per heavy atom. The lowest BCUT2D eigenvalue weighted by molar-refractivity contribution is -0.121. The van der Waals surface area contributed by atoms with Gasteiger partial charge in [0.05, 0.1) is 0 Å². The third-order valence-corrected chi connectivity index (χ3v) is 2.98. The van der Waals surface area contributed by atoms with Crippen molar-refractivity contribution in [2.75, 3.05) is 17.6 Å². The van der Waals surface area contributed by atoms with Crippen LogP contribution >= 0.6 is 0 Å². The van der Waals surface area contributed by atoms with E-state index in [1.165, 1.54) is 0 Å². The van der Waals surface area contributed by atoms with E-state index >= 15 is 0 Å². The Morgan fingerprint density at radius 3 is 2.50 bits per heavy atom. The van der Waals surface area contributed by atoms with Crippen LogP contribution in [0.3, 0.4) is 0 Å². The third kappa shape index (κ3) is 4.36. The summed E-state index contributed by atoms with van der Waals surface area (Å²) in [5.74, 6) is 2.13. The fraction of sp³-hybridized carbons (Fsp3) is 0.643. The van der Waals surface area contributed by atoms with Gasteiger partial charge in [-0.1, -0.05) is 20.8 Å². The number of nitrogens with two attached hydrogens (primary N) is 1. The van der Waals surface area contributed by atoms with Gasteiger partial charge in [0.25, 0.3) is 0 Å². The van der Waals surface area contributed by atoms with Gasteiger partial charge in [-0.2, -0.15) is 0 Å². The molecule has 0 radical (unpaired) electrons. The Bertz CT molecular complexity index is 473. The van der Waals surface area contributed by atoms with Crippen LogP contribution in [0, 0.1) is 12.8 Å². The molecule has 0 aliphatic carbocycles. The van der Waals surface area contributed by atoms with E-state index in [0.717, 1.165) is 5.56 Å². The maximum absolute atomic E-state index is 12.0. The van der Waals surface area contributed by atoms with E-state index in [9.17, 15) is 4.79 Å². The number of hydrogen-bond acceptors (Lipinski definition) is 5. The molecule has 1 atom stereocenters. The fourth-order valence-electron chi connectivity index (χ4n) is 1.61. The van der Waals surface area contributed by atoms with Gasteiger partial charge in [-0.15, -0.1) is 0 Å². The Kier molecular flexibility index (Phi) is 5.73. The van der Waals surface area contributed by atoms with E-state index in [0.29, 0.717) is 36.3 Å². The second-order valence-electron chi connectivity index (χ2n) is 5.36. The smallest absolute Gasteiger partial charge is 0.242 e. The summed E-state index contributed by atoms with van der Waals surface area (Å²) in [6.07, 6.45) is 0.701. The molecule has 0 fully saturated rings. The molecule has 1 heterocycles. The van der Waals surface area contributed by atoms with E-state index in [1.54, 1.807) is 6.92 Å². The quantitative estimate of drug-likeness (QED) is 0.734. The van der Waals surface area contributed by atoms with Crippen molar-refractivity contribution in [1.82, 2.24) is 15.3 Å². The first kappa shape index (κ1) is 16.2. The first-order chi connectivity index (χ1) is 9.35. The second kappa shape index (κ2) is 7.07. The number of rotatable bonds is 6. The minimum Gasteiger partial charge on any atom is -0.383 e. The molecule has 1 aromatic rings. The van der Waals surface area contributed by atoms with E-state index < -0.39 is 0 Å². The molecule has 1 rings (SSSR count). The van der Waals surface area contributed by atoms with Crippen LogP contribution in [-0.4, -0.2) is 28.5 Å². The van der Waals surface area contributed by atoms with Gasteiger partial charge in [-0.3, -0.25) is 4.79 Å². The van der Waals surface area contributed by atoms with Crippen molar-refractivity contribution in [3.63, 3.8) is 0 Å². The molecule has 0 bridgehead atoms. The van der Waals surface area contributed by atoms with Crippen LogP contribution in [-0.2, 0) is 11.2 Å². The lowest BCUT2D eigenvalue weighted by Gasteiger charge is -2.18. The average molecular weight is 279 g/mol. The molecule has 1 aromatic heterocycles. The number of carbonyl (C=O) groups is 1. The summed E-state index contributed by atoms with van der Waals surface area (Å²) in [7, 11) is 0. The number of carbonyl (C=O) groups excluding carboxylic acids is 1. The zero-order valence-corrected chi connectivity index (χ0v) is 12.9. The first-order valence-corrected chi connectivity index (χ1v) is 7.02. The predicted octanol–water partition coefficient (Wildman–Crippen LogP) is 1.50. The van der Waals surface area contributed by atoms with Gasteiger partial charge in [0, 0.05) is 18.5 Å². The number of amides is 1. The summed E-state index contributed by atoms with van der Waals surface area (Å²) in [6.45, 7) is 10.4. The van der Waals surface area contributed by atoms with Crippen molar-refractivity contribution in [1.29, 1.82) is 0 Å². The van der Waals surface area contributed by atoms with Crippen LogP contribution in [0.25, 0.3) is 0 Å². The zero-order valence-electron chi connectivity index (χ0n) is 12.9. The van der Waals surface area contributed by atoms with Gasteiger partial charge in [0.2, 0.25) is 5.91 Å². The summed E-state index contributed by atoms with van der Waals surface area (Å²) in [6, 6.07) is -0.369. The Hall–Kier alpha value is -1.85. The SMILES string of the molecule is CCc1nc(N)c(C)c(NC(C)C(=O)NCC(C)C)n1. The molecule has 4 N–H and O–H groups in total. The van der Waals surface area contributed by atoms with Crippen LogP contribution in [0.15, 0.2) is 0 Å². The monoisotopic (exact) mass is 279 g/mol. The second-order valence-corrected chi connectivity index (χ2v) is 5.36. The van der Waals surface area contributed by atoms with E-state index in [1.807, 2.05) is 13.8 Å². The molecule has 0 aromatic carbocycles. The largest absolute Gasteiger partial charge is 0.383 e. The molecule has 0 saturated carbocycles. The number of nitrogens with zero attached hydrogens (tertiary/aromatic N) is 2. The number of aryl methyl sites for hydroxylation is 1. The van der Waals surface area contributed by atoms with Gasteiger partial charge >= 0.3 is 0 Å². The highest BCUT2D eigenvalue weighted by Crippen LogP contribution is 2.18. The third-order valence-electron chi connectivity index (χ3n) is 2.98. The predicted molar refractivity (Wildman–Crippen MR) is 81.5 cm³/mol. The molecular formula is C14H25N5O. The first-order valence-electron chi connectivity index (χ1n) is 7.02. The zero-order chi connectivity index (χ0) is 15.3. The van der Waals surface area contributed by atoms with Crippen LogP contribution in [0.1, 0.15) is 39.1 Å². The molecule has 0 aliphatic rings. The Labute approximate surface area is 120 Å². The summed E-state index contributed by atoms with van der Waals surface area (Å²) in [5, 5.41) is 5.99. The molecule has 0 spiro atoms. The van der Waals surface area contributed by atoms with Crippen LogP contribution < -0.4 is 16.4 Å². The van der Waals surface area contributed by atoms with E-state index in [-0.39, 0.29) is 11.9 Å². The van der Waals surface area contributed by atoms with Crippen LogP contribution in [0.2, 0.25) is 0 Å². The molecule has 20 heavy (non-hydrogen) atoms. The van der Waals surface area contributed by atoms with Crippen LogP contribution in [0.4, 0.5) is 11.6 Å². The summed E-state index contributed by atoms with van der Waals surface area (Å²) < 4.78 is 0. The number of nitrogens with one attached hydrogen (secondary N) is 2. The molecule has 0 saturated heterocycles. The number of aromatic nitrogens is 2. The standard InChI is InChI=1S/C14H25N5O/c1-6-11-18-12(15)9(4)13(19-11)17-10(5)14(20)16-7-8(2)3/h8,10H,6-7H2,1-5H3,(H,16,20)(H3,15,17,18,19). The van der Waals surface area contributed by atoms with Gasteiger partial charge in [-0.25, -0.2) is 9.97 Å². The minimum absolute atomic E-state index is 0.0478. The van der Waals surface area contributed by atoms with Crippen molar-refractivity contribution in [2.24, 2.45) is 5.92 Å². The molecule has 1 unspecified atom stereocenters.